The largest absolute Gasteiger partial charge is 0.454 e. The Balaban J connectivity index is 1.59. The second-order valence-electron chi connectivity index (χ2n) is 4.89. The van der Waals surface area contributed by atoms with Crippen molar-refractivity contribution in [3.8, 4) is 11.5 Å². The predicted molar refractivity (Wildman–Crippen MR) is 83.2 cm³/mol. The van der Waals surface area contributed by atoms with Crippen molar-refractivity contribution in [2.45, 2.75) is 19.7 Å². The van der Waals surface area contributed by atoms with Crippen LogP contribution < -0.4 is 14.8 Å². The lowest BCUT2D eigenvalue weighted by Crippen LogP contribution is -2.12. The number of aliphatic hydroxyl groups excluding tert-OH is 1. The first-order valence-corrected chi connectivity index (χ1v) is 7.53. The summed E-state index contributed by atoms with van der Waals surface area (Å²) in [5, 5.41) is 12.4. The molecule has 2 aromatic carbocycles. The van der Waals surface area contributed by atoms with Crippen LogP contribution in [0, 0.1) is 0 Å². The molecule has 5 heteroatoms. The fraction of sp³-hybridized carbons (Fsp3) is 0.250. The van der Waals surface area contributed by atoms with E-state index in [0.29, 0.717) is 0 Å². The van der Waals surface area contributed by atoms with Crippen molar-refractivity contribution < 1.29 is 14.6 Å². The molecule has 2 aromatic rings. The number of fused-ring (bicyclic) bond motifs is 1. The average molecular weight is 350 g/mol. The van der Waals surface area contributed by atoms with E-state index in [-0.39, 0.29) is 13.4 Å². The fourth-order valence-corrected chi connectivity index (χ4v) is 2.84. The van der Waals surface area contributed by atoms with E-state index in [1.54, 1.807) is 0 Å². The van der Waals surface area contributed by atoms with Crippen molar-refractivity contribution in [3.63, 3.8) is 0 Å². The smallest absolute Gasteiger partial charge is 0.231 e. The van der Waals surface area contributed by atoms with Crippen molar-refractivity contribution in [3.05, 3.63) is 57.6 Å². The monoisotopic (exact) mass is 349 g/mol. The van der Waals surface area contributed by atoms with Gasteiger partial charge in [0.25, 0.3) is 0 Å². The Bertz CT molecular complexity index is 628. The molecule has 1 aliphatic rings. The molecular weight excluding hydrogens is 334 g/mol. The van der Waals surface area contributed by atoms with Crippen LogP contribution in [0.15, 0.2) is 40.9 Å². The van der Waals surface area contributed by atoms with E-state index < -0.39 is 0 Å². The molecule has 0 bridgehead atoms. The Labute approximate surface area is 131 Å². The van der Waals surface area contributed by atoms with Crippen molar-refractivity contribution >= 4 is 15.9 Å². The van der Waals surface area contributed by atoms with Crippen LogP contribution in [0.5, 0.6) is 11.5 Å². The molecule has 4 nitrogen and oxygen atoms in total. The normalized spacial score (nSPS) is 12.7. The van der Waals surface area contributed by atoms with Crippen molar-refractivity contribution in [1.29, 1.82) is 0 Å². The van der Waals surface area contributed by atoms with Gasteiger partial charge in [0.05, 0.1) is 11.1 Å². The van der Waals surface area contributed by atoms with E-state index in [4.69, 9.17) is 14.6 Å². The first-order chi connectivity index (χ1) is 10.3. The van der Waals surface area contributed by atoms with Gasteiger partial charge in [0.15, 0.2) is 11.5 Å². The molecule has 1 aliphatic heterocycles. The van der Waals surface area contributed by atoms with Gasteiger partial charge in [0, 0.05) is 13.1 Å². The molecule has 0 atom stereocenters. The van der Waals surface area contributed by atoms with Crippen LogP contribution in [0.25, 0.3) is 0 Å². The lowest BCUT2D eigenvalue weighted by molar-refractivity contribution is 0.173. The lowest BCUT2D eigenvalue weighted by Gasteiger charge is -2.08. The Hall–Kier alpha value is -1.56. The van der Waals surface area contributed by atoms with Crippen molar-refractivity contribution in [2.24, 2.45) is 0 Å². The summed E-state index contributed by atoms with van der Waals surface area (Å²) < 4.78 is 11.7. The number of hydrogen-bond acceptors (Lipinski definition) is 4. The third kappa shape index (κ3) is 3.37. The van der Waals surface area contributed by atoms with Gasteiger partial charge in [0.2, 0.25) is 6.79 Å². The molecule has 0 aromatic heterocycles. The quantitative estimate of drug-likeness (QED) is 0.871. The van der Waals surface area contributed by atoms with Gasteiger partial charge in [-0.2, -0.15) is 0 Å². The van der Waals surface area contributed by atoms with E-state index in [2.05, 4.69) is 21.2 Å². The number of nitrogens with one attached hydrogen (secondary N) is 1. The first kappa shape index (κ1) is 14.4. The minimum absolute atomic E-state index is 0.0823. The topological polar surface area (TPSA) is 50.7 Å². The van der Waals surface area contributed by atoms with Gasteiger partial charge in [-0.15, -0.1) is 0 Å². The predicted octanol–water partition coefficient (Wildman–Crippen LogP) is 2.96. The van der Waals surface area contributed by atoms with E-state index >= 15 is 0 Å². The van der Waals surface area contributed by atoms with E-state index in [1.165, 1.54) is 5.56 Å². The molecular formula is C16H16BrNO3. The average Bonchev–Trinajstić information content (AvgIpc) is 2.97. The molecule has 2 N–H and O–H groups in total. The minimum Gasteiger partial charge on any atom is -0.454 e. The number of hydrogen-bond donors (Lipinski definition) is 2. The zero-order valence-electron chi connectivity index (χ0n) is 11.4. The molecule has 0 spiro atoms. The molecule has 0 radical (unpaired) electrons. The molecule has 110 valence electrons. The minimum atomic E-state index is 0.0823. The summed E-state index contributed by atoms with van der Waals surface area (Å²) in [5.41, 5.74) is 3.25. The van der Waals surface area contributed by atoms with Crippen molar-refractivity contribution in [2.75, 3.05) is 6.79 Å². The molecule has 21 heavy (non-hydrogen) atoms. The number of rotatable bonds is 5. The maximum atomic E-state index is 9.01. The number of aliphatic hydroxyl groups is 1. The summed E-state index contributed by atoms with van der Waals surface area (Å²) in [4.78, 5) is 0. The SMILES string of the molecule is OCc1ccc(CNCc2cc(Br)c3c(c2)OCO3)cc1. The summed E-state index contributed by atoms with van der Waals surface area (Å²) in [7, 11) is 0. The van der Waals surface area contributed by atoms with Gasteiger partial charge in [-0.1, -0.05) is 24.3 Å². The van der Waals surface area contributed by atoms with E-state index in [0.717, 1.165) is 40.2 Å². The molecule has 0 saturated heterocycles. The summed E-state index contributed by atoms with van der Waals surface area (Å²) in [6.07, 6.45) is 0. The Morgan fingerprint density at radius 2 is 1.71 bits per heavy atom. The van der Waals surface area contributed by atoms with Crippen LogP contribution in [0.1, 0.15) is 16.7 Å². The van der Waals surface area contributed by atoms with Gasteiger partial charge >= 0.3 is 0 Å². The highest BCUT2D eigenvalue weighted by molar-refractivity contribution is 9.10. The van der Waals surface area contributed by atoms with Gasteiger partial charge in [-0.05, 0) is 44.8 Å². The highest BCUT2D eigenvalue weighted by Gasteiger charge is 2.17. The Kier molecular flexibility index (Phi) is 4.43. The summed E-state index contributed by atoms with van der Waals surface area (Å²) in [6.45, 7) is 1.88. The summed E-state index contributed by atoms with van der Waals surface area (Å²) >= 11 is 3.49. The zero-order chi connectivity index (χ0) is 14.7. The van der Waals surface area contributed by atoms with Gasteiger partial charge < -0.3 is 19.9 Å². The summed E-state index contributed by atoms with van der Waals surface area (Å²) in [6, 6.07) is 12.0. The molecule has 0 fully saturated rings. The van der Waals surface area contributed by atoms with Crippen molar-refractivity contribution in [1.82, 2.24) is 5.32 Å². The molecule has 0 amide bonds. The number of halogens is 1. The maximum absolute atomic E-state index is 9.01. The molecule has 0 saturated carbocycles. The lowest BCUT2D eigenvalue weighted by atomic mass is 10.1. The van der Waals surface area contributed by atoms with Gasteiger partial charge in [-0.3, -0.25) is 0 Å². The second kappa shape index (κ2) is 6.47. The van der Waals surface area contributed by atoms with Crippen LogP contribution in [0.2, 0.25) is 0 Å². The van der Waals surface area contributed by atoms with Crippen LogP contribution in [-0.2, 0) is 19.7 Å². The zero-order valence-corrected chi connectivity index (χ0v) is 13.0. The number of ether oxygens (including phenoxy) is 2. The highest BCUT2D eigenvalue weighted by atomic mass is 79.9. The number of benzene rings is 2. The van der Waals surface area contributed by atoms with Crippen LogP contribution in [0.3, 0.4) is 0 Å². The molecule has 0 aliphatic carbocycles. The van der Waals surface area contributed by atoms with E-state index in [1.807, 2.05) is 36.4 Å². The fourth-order valence-electron chi connectivity index (χ4n) is 2.24. The Morgan fingerprint density at radius 3 is 2.48 bits per heavy atom. The van der Waals surface area contributed by atoms with Crippen LogP contribution in [-0.4, -0.2) is 11.9 Å². The third-order valence-corrected chi connectivity index (χ3v) is 3.94. The molecule has 0 unspecified atom stereocenters. The van der Waals surface area contributed by atoms with Gasteiger partial charge in [0.1, 0.15) is 0 Å². The van der Waals surface area contributed by atoms with Gasteiger partial charge in [-0.25, -0.2) is 0 Å². The second-order valence-corrected chi connectivity index (χ2v) is 5.74. The standard InChI is InChI=1S/C16H16BrNO3/c17-14-5-13(6-15-16(14)21-10-20-15)8-18-7-11-1-3-12(9-19)4-2-11/h1-6,18-19H,7-10H2. The van der Waals surface area contributed by atoms with Crippen LogP contribution >= 0.6 is 15.9 Å². The maximum Gasteiger partial charge on any atom is 0.231 e. The summed E-state index contributed by atoms with van der Waals surface area (Å²) in [5.74, 6) is 1.56. The van der Waals surface area contributed by atoms with Crippen LogP contribution in [0.4, 0.5) is 0 Å². The third-order valence-electron chi connectivity index (χ3n) is 3.35. The molecule has 3 rings (SSSR count). The Morgan fingerprint density at radius 1 is 1.00 bits per heavy atom. The highest BCUT2D eigenvalue weighted by Crippen LogP contribution is 2.39. The molecule has 1 heterocycles. The first-order valence-electron chi connectivity index (χ1n) is 6.73. The van der Waals surface area contributed by atoms with E-state index in [9.17, 15) is 0 Å².